The van der Waals surface area contributed by atoms with Gasteiger partial charge in [0.2, 0.25) is 5.91 Å². The van der Waals surface area contributed by atoms with E-state index in [1.165, 1.54) is 0 Å². The number of aryl methyl sites for hydroxylation is 1. The molecule has 5 heteroatoms. The highest BCUT2D eigenvalue weighted by molar-refractivity contribution is 5.98. The fourth-order valence-electron chi connectivity index (χ4n) is 1.77. The number of benzene rings is 1. The number of carbonyl (C=O) groups excluding carboxylic acids is 2. The lowest BCUT2D eigenvalue weighted by Crippen LogP contribution is -2.30. The summed E-state index contributed by atoms with van der Waals surface area (Å²) < 4.78 is 0. The maximum absolute atomic E-state index is 12.0. The van der Waals surface area contributed by atoms with E-state index in [9.17, 15) is 9.59 Å². The molecule has 0 bridgehead atoms. The van der Waals surface area contributed by atoms with Gasteiger partial charge in [0.05, 0.1) is 0 Å². The Morgan fingerprint density at radius 3 is 2.60 bits per heavy atom. The molecule has 20 heavy (non-hydrogen) atoms. The first-order valence-corrected chi connectivity index (χ1v) is 6.85. The van der Waals surface area contributed by atoms with Crippen LogP contribution in [0.2, 0.25) is 0 Å². The first-order chi connectivity index (χ1) is 9.43. The van der Waals surface area contributed by atoms with Crippen molar-refractivity contribution in [3.63, 3.8) is 0 Å². The molecular formula is C15H23N3O2. The van der Waals surface area contributed by atoms with Crippen LogP contribution in [0.1, 0.15) is 42.6 Å². The Balaban J connectivity index is 2.80. The molecule has 2 amide bonds. The second-order valence-electron chi connectivity index (χ2n) is 5.10. The molecule has 0 aliphatic rings. The Hall–Kier alpha value is -1.88. The average Bonchev–Trinajstić information content (AvgIpc) is 2.37. The van der Waals surface area contributed by atoms with Crippen molar-refractivity contribution in [3.8, 4) is 0 Å². The number of amides is 2. The molecule has 110 valence electrons. The summed E-state index contributed by atoms with van der Waals surface area (Å²) in [6.07, 6.45) is 1.04. The minimum absolute atomic E-state index is 0.0738. The third-order valence-corrected chi connectivity index (χ3v) is 2.79. The molecule has 0 saturated heterocycles. The van der Waals surface area contributed by atoms with Gasteiger partial charge in [-0.1, -0.05) is 6.07 Å². The Bertz CT molecular complexity index is 484. The van der Waals surface area contributed by atoms with Gasteiger partial charge in [0.1, 0.15) is 0 Å². The molecule has 0 fully saturated rings. The lowest BCUT2D eigenvalue weighted by molar-refractivity contribution is -0.116. The number of nitrogens with two attached hydrogens (primary N) is 1. The molecule has 0 spiro atoms. The summed E-state index contributed by atoms with van der Waals surface area (Å²) >= 11 is 0. The van der Waals surface area contributed by atoms with Crippen molar-refractivity contribution in [2.75, 3.05) is 11.9 Å². The van der Waals surface area contributed by atoms with E-state index in [0.29, 0.717) is 30.6 Å². The quantitative estimate of drug-likeness (QED) is 0.741. The lowest BCUT2D eigenvalue weighted by Gasteiger charge is -2.12. The van der Waals surface area contributed by atoms with Crippen LogP contribution in [0.3, 0.4) is 0 Å². The van der Waals surface area contributed by atoms with E-state index in [4.69, 9.17) is 5.73 Å². The number of hydrogen-bond acceptors (Lipinski definition) is 3. The van der Waals surface area contributed by atoms with E-state index in [0.717, 1.165) is 5.56 Å². The van der Waals surface area contributed by atoms with Gasteiger partial charge in [-0.2, -0.15) is 0 Å². The van der Waals surface area contributed by atoms with Crippen LogP contribution in [-0.4, -0.2) is 24.4 Å². The Labute approximate surface area is 119 Å². The van der Waals surface area contributed by atoms with Gasteiger partial charge in [-0.3, -0.25) is 9.59 Å². The Kier molecular flexibility index (Phi) is 6.18. The standard InChI is InChI=1S/C15H23N3O2/c1-10(2)17-15(20)13-9-12(7-6-11(13)3)18-14(19)5-4-8-16/h6-7,9-10H,4-5,8,16H2,1-3H3,(H,17,20)(H,18,19). The van der Waals surface area contributed by atoms with Gasteiger partial charge in [0.15, 0.2) is 0 Å². The molecule has 0 aliphatic carbocycles. The van der Waals surface area contributed by atoms with Crippen molar-refractivity contribution < 1.29 is 9.59 Å². The number of carbonyl (C=O) groups is 2. The second-order valence-corrected chi connectivity index (χ2v) is 5.10. The van der Waals surface area contributed by atoms with Crippen molar-refractivity contribution in [2.24, 2.45) is 5.73 Å². The van der Waals surface area contributed by atoms with Crippen LogP contribution in [0.15, 0.2) is 18.2 Å². The molecular weight excluding hydrogens is 254 g/mol. The summed E-state index contributed by atoms with van der Waals surface area (Å²) in [6.45, 7) is 6.18. The van der Waals surface area contributed by atoms with Crippen LogP contribution in [0.5, 0.6) is 0 Å². The number of nitrogens with one attached hydrogen (secondary N) is 2. The zero-order chi connectivity index (χ0) is 15.1. The molecule has 0 atom stereocenters. The molecule has 1 aromatic carbocycles. The van der Waals surface area contributed by atoms with Crippen LogP contribution in [0.25, 0.3) is 0 Å². The molecule has 4 N–H and O–H groups in total. The van der Waals surface area contributed by atoms with Gasteiger partial charge >= 0.3 is 0 Å². The smallest absolute Gasteiger partial charge is 0.251 e. The maximum Gasteiger partial charge on any atom is 0.251 e. The molecule has 0 saturated carbocycles. The monoisotopic (exact) mass is 277 g/mol. The van der Waals surface area contributed by atoms with Crippen LogP contribution in [0.4, 0.5) is 5.69 Å². The van der Waals surface area contributed by atoms with Crippen LogP contribution < -0.4 is 16.4 Å². The van der Waals surface area contributed by atoms with E-state index in [1.54, 1.807) is 12.1 Å². The minimum atomic E-state index is -0.129. The summed E-state index contributed by atoms with van der Waals surface area (Å²) in [4.78, 5) is 23.7. The van der Waals surface area contributed by atoms with E-state index >= 15 is 0 Å². The fourth-order valence-corrected chi connectivity index (χ4v) is 1.77. The minimum Gasteiger partial charge on any atom is -0.350 e. The number of rotatable bonds is 6. The molecule has 0 heterocycles. The topological polar surface area (TPSA) is 84.2 Å². The van der Waals surface area contributed by atoms with Gasteiger partial charge in [-0.15, -0.1) is 0 Å². The summed E-state index contributed by atoms with van der Waals surface area (Å²) in [7, 11) is 0. The van der Waals surface area contributed by atoms with Gasteiger partial charge in [0, 0.05) is 23.7 Å². The van der Waals surface area contributed by atoms with E-state index in [2.05, 4.69) is 10.6 Å². The molecule has 0 radical (unpaired) electrons. The van der Waals surface area contributed by atoms with Crippen molar-refractivity contribution in [3.05, 3.63) is 29.3 Å². The lowest BCUT2D eigenvalue weighted by atomic mass is 10.1. The van der Waals surface area contributed by atoms with Crippen molar-refractivity contribution >= 4 is 17.5 Å². The average molecular weight is 277 g/mol. The summed E-state index contributed by atoms with van der Waals surface area (Å²) in [6, 6.07) is 5.40. The second kappa shape index (κ2) is 7.65. The summed E-state index contributed by atoms with van der Waals surface area (Å²) in [5.41, 5.74) is 7.46. The molecule has 0 aliphatic heterocycles. The summed E-state index contributed by atoms with van der Waals surface area (Å²) in [5.74, 6) is -0.218. The van der Waals surface area contributed by atoms with Crippen LogP contribution >= 0.6 is 0 Å². The maximum atomic E-state index is 12.0. The highest BCUT2D eigenvalue weighted by atomic mass is 16.2. The zero-order valence-electron chi connectivity index (χ0n) is 12.3. The first kappa shape index (κ1) is 16.2. The van der Waals surface area contributed by atoms with Crippen molar-refractivity contribution in [2.45, 2.75) is 39.7 Å². The van der Waals surface area contributed by atoms with E-state index < -0.39 is 0 Å². The van der Waals surface area contributed by atoms with Crippen LogP contribution in [0, 0.1) is 6.92 Å². The largest absolute Gasteiger partial charge is 0.350 e. The van der Waals surface area contributed by atoms with Gasteiger partial charge in [-0.05, 0) is 51.4 Å². The third kappa shape index (κ3) is 5.01. The van der Waals surface area contributed by atoms with Gasteiger partial charge in [-0.25, -0.2) is 0 Å². The van der Waals surface area contributed by atoms with E-state index in [-0.39, 0.29) is 17.9 Å². The van der Waals surface area contributed by atoms with Crippen LogP contribution in [-0.2, 0) is 4.79 Å². The number of anilines is 1. The zero-order valence-corrected chi connectivity index (χ0v) is 12.3. The summed E-state index contributed by atoms with van der Waals surface area (Å²) in [5, 5.41) is 5.62. The highest BCUT2D eigenvalue weighted by Crippen LogP contribution is 2.16. The molecule has 1 aromatic rings. The first-order valence-electron chi connectivity index (χ1n) is 6.85. The number of hydrogen-bond donors (Lipinski definition) is 3. The molecule has 5 nitrogen and oxygen atoms in total. The Morgan fingerprint density at radius 1 is 1.30 bits per heavy atom. The van der Waals surface area contributed by atoms with Gasteiger partial charge < -0.3 is 16.4 Å². The highest BCUT2D eigenvalue weighted by Gasteiger charge is 2.11. The molecule has 0 aromatic heterocycles. The predicted octanol–water partition coefficient (Wildman–Crippen LogP) is 1.81. The third-order valence-electron chi connectivity index (χ3n) is 2.79. The van der Waals surface area contributed by atoms with Crippen molar-refractivity contribution in [1.82, 2.24) is 5.32 Å². The SMILES string of the molecule is Cc1ccc(NC(=O)CCCN)cc1C(=O)NC(C)C. The molecule has 0 unspecified atom stereocenters. The van der Waals surface area contributed by atoms with Gasteiger partial charge in [0.25, 0.3) is 5.91 Å². The normalized spacial score (nSPS) is 10.4. The predicted molar refractivity (Wildman–Crippen MR) is 80.7 cm³/mol. The van der Waals surface area contributed by atoms with E-state index in [1.807, 2.05) is 26.8 Å². The van der Waals surface area contributed by atoms with Crippen molar-refractivity contribution in [1.29, 1.82) is 0 Å². The Morgan fingerprint density at radius 2 is 2.00 bits per heavy atom. The fraction of sp³-hybridized carbons (Fsp3) is 0.467. The molecule has 1 rings (SSSR count).